The zero-order valence-corrected chi connectivity index (χ0v) is 11.0. The Morgan fingerprint density at radius 3 is 2.47 bits per heavy atom. The number of carbonyl (C=O) groups excluding carboxylic acids is 1. The van der Waals surface area contributed by atoms with Crippen LogP contribution in [-0.4, -0.2) is 48.5 Å². The Balaban J connectivity index is 3.38. The summed E-state index contributed by atoms with van der Waals surface area (Å²) in [4.78, 5) is 13.4. The van der Waals surface area contributed by atoms with E-state index in [9.17, 15) is 4.79 Å². The summed E-state index contributed by atoms with van der Waals surface area (Å²) < 4.78 is 0. The van der Waals surface area contributed by atoms with Crippen molar-refractivity contribution in [2.75, 3.05) is 37.7 Å². The van der Waals surface area contributed by atoms with Crippen molar-refractivity contribution in [3.63, 3.8) is 0 Å². The third kappa shape index (κ3) is 7.68. The lowest BCUT2D eigenvalue weighted by atomic mass is 10.4. The van der Waals surface area contributed by atoms with Gasteiger partial charge in [-0.1, -0.05) is 6.92 Å². The van der Waals surface area contributed by atoms with E-state index in [0.717, 1.165) is 26.1 Å². The number of nitrogens with zero attached hydrogens (tertiary/aromatic N) is 1. The molecule has 15 heavy (non-hydrogen) atoms. The van der Waals surface area contributed by atoms with Crippen LogP contribution in [0.1, 0.15) is 27.2 Å². The Morgan fingerprint density at radius 1 is 1.27 bits per heavy atom. The van der Waals surface area contributed by atoms with Gasteiger partial charge in [0.05, 0.1) is 6.54 Å². The second-order valence-electron chi connectivity index (χ2n) is 3.29. The summed E-state index contributed by atoms with van der Waals surface area (Å²) in [6.45, 7) is 9.24. The molecule has 0 aromatic carbocycles. The molecule has 0 saturated carbocycles. The quantitative estimate of drug-likeness (QED) is 0.613. The fraction of sp³-hybridized carbons (Fsp3) is 0.909. The number of amides is 1. The van der Waals surface area contributed by atoms with Gasteiger partial charge < -0.3 is 10.2 Å². The Bertz CT molecular complexity index is 161. The fourth-order valence-electron chi connectivity index (χ4n) is 1.33. The first-order chi connectivity index (χ1) is 7.26. The van der Waals surface area contributed by atoms with Gasteiger partial charge in [-0.25, -0.2) is 0 Å². The molecule has 0 spiro atoms. The SMILES string of the molecule is CCSCCCNCC(=O)N(CC)CC. The molecule has 4 heteroatoms. The van der Waals surface area contributed by atoms with Gasteiger partial charge in [-0.05, 0) is 38.3 Å². The third-order valence-electron chi connectivity index (χ3n) is 2.24. The Labute approximate surface area is 98.0 Å². The minimum absolute atomic E-state index is 0.211. The summed E-state index contributed by atoms with van der Waals surface area (Å²) in [6, 6.07) is 0. The van der Waals surface area contributed by atoms with Crippen LogP contribution in [0.5, 0.6) is 0 Å². The van der Waals surface area contributed by atoms with E-state index in [2.05, 4.69) is 12.2 Å². The minimum atomic E-state index is 0.211. The first kappa shape index (κ1) is 14.8. The highest BCUT2D eigenvalue weighted by Gasteiger charge is 2.07. The summed E-state index contributed by atoms with van der Waals surface area (Å²) in [5, 5.41) is 3.19. The number of thioether (sulfide) groups is 1. The number of rotatable bonds is 9. The van der Waals surface area contributed by atoms with Crippen molar-refractivity contribution in [1.29, 1.82) is 0 Å². The summed E-state index contributed by atoms with van der Waals surface area (Å²) >= 11 is 1.95. The second kappa shape index (κ2) is 10.3. The molecule has 0 aromatic rings. The normalized spacial score (nSPS) is 10.3. The van der Waals surface area contributed by atoms with Gasteiger partial charge in [-0.3, -0.25) is 4.79 Å². The van der Waals surface area contributed by atoms with E-state index < -0.39 is 0 Å². The molecule has 0 aliphatic rings. The van der Waals surface area contributed by atoms with Crippen molar-refractivity contribution >= 4 is 17.7 Å². The Kier molecular flexibility index (Phi) is 10.2. The molecule has 0 unspecified atom stereocenters. The highest BCUT2D eigenvalue weighted by Crippen LogP contribution is 1.99. The summed E-state index contributed by atoms with van der Waals surface area (Å²) in [5.74, 6) is 2.57. The van der Waals surface area contributed by atoms with Crippen LogP contribution in [0.25, 0.3) is 0 Å². The van der Waals surface area contributed by atoms with E-state index in [4.69, 9.17) is 0 Å². The molecule has 0 aromatic heterocycles. The van der Waals surface area contributed by atoms with Crippen molar-refractivity contribution in [1.82, 2.24) is 10.2 Å². The van der Waals surface area contributed by atoms with Crippen molar-refractivity contribution in [3.8, 4) is 0 Å². The van der Waals surface area contributed by atoms with E-state index >= 15 is 0 Å². The molecule has 0 fully saturated rings. The molecule has 0 aliphatic carbocycles. The number of hydrogen-bond donors (Lipinski definition) is 1. The molecule has 0 bridgehead atoms. The highest BCUT2D eigenvalue weighted by atomic mass is 32.2. The van der Waals surface area contributed by atoms with Crippen LogP contribution in [0.3, 0.4) is 0 Å². The van der Waals surface area contributed by atoms with Crippen molar-refractivity contribution < 1.29 is 4.79 Å². The summed E-state index contributed by atoms with van der Waals surface area (Å²) in [6.07, 6.45) is 1.14. The zero-order chi connectivity index (χ0) is 11.5. The van der Waals surface area contributed by atoms with Gasteiger partial charge in [0.1, 0.15) is 0 Å². The van der Waals surface area contributed by atoms with Gasteiger partial charge in [-0.2, -0.15) is 11.8 Å². The lowest BCUT2D eigenvalue weighted by molar-refractivity contribution is -0.129. The second-order valence-corrected chi connectivity index (χ2v) is 4.69. The van der Waals surface area contributed by atoms with E-state index in [0.29, 0.717) is 6.54 Å². The average molecular weight is 232 g/mol. The van der Waals surface area contributed by atoms with Crippen LogP contribution in [0.2, 0.25) is 0 Å². The van der Waals surface area contributed by atoms with Crippen LogP contribution in [-0.2, 0) is 4.79 Å². The molecule has 0 heterocycles. The molecule has 0 radical (unpaired) electrons. The van der Waals surface area contributed by atoms with E-state index in [1.807, 2.05) is 30.5 Å². The highest BCUT2D eigenvalue weighted by molar-refractivity contribution is 7.99. The lowest BCUT2D eigenvalue weighted by Crippen LogP contribution is -2.38. The standard InChI is InChI=1S/C11H24N2OS/c1-4-13(5-2)11(14)10-12-8-7-9-15-6-3/h12H,4-10H2,1-3H3. The van der Waals surface area contributed by atoms with E-state index in [-0.39, 0.29) is 5.91 Å². The van der Waals surface area contributed by atoms with Crippen LogP contribution in [0.4, 0.5) is 0 Å². The van der Waals surface area contributed by atoms with Crippen LogP contribution in [0.15, 0.2) is 0 Å². The molecule has 1 N–H and O–H groups in total. The molecule has 0 aliphatic heterocycles. The van der Waals surface area contributed by atoms with Crippen LogP contribution < -0.4 is 5.32 Å². The van der Waals surface area contributed by atoms with Gasteiger partial charge in [0.15, 0.2) is 0 Å². The topological polar surface area (TPSA) is 32.3 Å². The maximum absolute atomic E-state index is 11.6. The first-order valence-electron chi connectivity index (χ1n) is 5.82. The average Bonchev–Trinajstić information content (AvgIpc) is 2.25. The molecule has 1 amide bonds. The van der Waals surface area contributed by atoms with Crippen LogP contribution in [0, 0.1) is 0 Å². The van der Waals surface area contributed by atoms with Gasteiger partial charge in [0, 0.05) is 13.1 Å². The van der Waals surface area contributed by atoms with Gasteiger partial charge in [-0.15, -0.1) is 0 Å². The fourth-order valence-corrected chi connectivity index (χ4v) is 1.96. The van der Waals surface area contributed by atoms with Crippen molar-refractivity contribution in [2.45, 2.75) is 27.2 Å². The number of nitrogens with one attached hydrogen (secondary N) is 1. The third-order valence-corrected chi connectivity index (χ3v) is 3.22. The molecular formula is C11H24N2OS. The number of likely N-dealkylation sites (N-methyl/N-ethyl adjacent to an activating group) is 1. The van der Waals surface area contributed by atoms with Crippen molar-refractivity contribution in [3.05, 3.63) is 0 Å². The minimum Gasteiger partial charge on any atom is -0.342 e. The smallest absolute Gasteiger partial charge is 0.236 e. The number of carbonyl (C=O) groups is 1. The van der Waals surface area contributed by atoms with Gasteiger partial charge in [0.25, 0.3) is 0 Å². The van der Waals surface area contributed by atoms with Crippen LogP contribution >= 0.6 is 11.8 Å². The molecular weight excluding hydrogens is 208 g/mol. The molecule has 0 saturated heterocycles. The maximum Gasteiger partial charge on any atom is 0.236 e. The predicted molar refractivity (Wildman–Crippen MR) is 68.4 cm³/mol. The lowest BCUT2D eigenvalue weighted by Gasteiger charge is -2.18. The van der Waals surface area contributed by atoms with Gasteiger partial charge >= 0.3 is 0 Å². The van der Waals surface area contributed by atoms with Gasteiger partial charge in [0.2, 0.25) is 5.91 Å². The number of hydrogen-bond acceptors (Lipinski definition) is 3. The molecule has 90 valence electrons. The maximum atomic E-state index is 11.6. The first-order valence-corrected chi connectivity index (χ1v) is 6.97. The van der Waals surface area contributed by atoms with E-state index in [1.54, 1.807) is 0 Å². The summed E-state index contributed by atoms with van der Waals surface area (Å²) in [7, 11) is 0. The predicted octanol–water partition coefficient (Wildman–Crippen LogP) is 1.59. The van der Waals surface area contributed by atoms with E-state index in [1.165, 1.54) is 11.5 Å². The monoisotopic (exact) mass is 232 g/mol. The van der Waals surface area contributed by atoms with Crippen molar-refractivity contribution in [2.24, 2.45) is 0 Å². The molecule has 0 rings (SSSR count). The Hall–Kier alpha value is -0.220. The Morgan fingerprint density at radius 2 is 1.93 bits per heavy atom. The zero-order valence-electron chi connectivity index (χ0n) is 10.2. The largest absolute Gasteiger partial charge is 0.342 e. The molecule has 3 nitrogen and oxygen atoms in total. The summed E-state index contributed by atoms with van der Waals surface area (Å²) in [5.41, 5.74) is 0. The molecule has 0 atom stereocenters.